The SMILES string of the molecule is COCc1nc(C(=O)N2CCCC2C(=O)O)cs1. The smallest absolute Gasteiger partial charge is 0.326 e. The molecule has 0 saturated carbocycles. The Morgan fingerprint density at radius 2 is 2.44 bits per heavy atom. The zero-order chi connectivity index (χ0) is 13.1. The number of carboxylic acids is 1. The van der Waals surface area contributed by atoms with Gasteiger partial charge in [-0.2, -0.15) is 0 Å². The van der Waals surface area contributed by atoms with Crippen LogP contribution in [0.4, 0.5) is 0 Å². The van der Waals surface area contributed by atoms with Crippen molar-refractivity contribution in [1.29, 1.82) is 0 Å². The number of ether oxygens (including phenoxy) is 1. The number of hydrogen-bond acceptors (Lipinski definition) is 5. The quantitative estimate of drug-likeness (QED) is 0.882. The highest BCUT2D eigenvalue weighted by molar-refractivity contribution is 7.09. The highest BCUT2D eigenvalue weighted by Crippen LogP contribution is 2.21. The van der Waals surface area contributed by atoms with E-state index in [2.05, 4.69) is 4.98 Å². The van der Waals surface area contributed by atoms with E-state index in [0.29, 0.717) is 30.3 Å². The van der Waals surface area contributed by atoms with E-state index in [4.69, 9.17) is 9.84 Å². The first kappa shape index (κ1) is 13.0. The summed E-state index contributed by atoms with van der Waals surface area (Å²) in [5, 5.41) is 11.4. The molecule has 2 rings (SSSR count). The highest BCUT2D eigenvalue weighted by atomic mass is 32.1. The molecule has 1 N–H and O–H groups in total. The molecule has 0 radical (unpaired) electrons. The molecule has 6 nitrogen and oxygen atoms in total. The number of likely N-dealkylation sites (tertiary alicyclic amines) is 1. The maximum atomic E-state index is 12.1. The Labute approximate surface area is 108 Å². The Morgan fingerprint density at radius 3 is 3.11 bits per heavy atom. The zero-order valence-electron chi connectivity index (χ0n) is 9.96. The topological polar surface area (TPSA) is 79.7 Å². The van der Waals surface area contributed by atoms with Gasteiger partial charge in [-0.05, 0) is 12.8 Å². The lowest BCUT2D eigenvalue weighted by Crippen LogP contribution is -2.40. The van der Waals surface area contributed by atoms with E-state index in [1.165, 1.54) is 16.2 Å². The van der Waals surface area contributed by atoms with Crippen molar-refractivity contribution in [3.63, 3.8) is 0 Å². The van der Waals surface area contributed by atoms with Crippen LogP contribution in [0.25, 0.3) is 0 Å². The molecule has 2 heterocycles. The summed E-state index contributed by atoms with van der Waals surface area (Å²) in [5.41, 5.74) is 0.306. The molecule has 1 unspecified atom stereocenters. The first-order valence-corrected chi connectivity index (χ1v) is 6.48. The van der Waals surface area contributed by atoms with Crippen LogP contribution < -0.4 is 0 Å². The number of aromatic nitrogens is 1. The average Bonchev–Trinajstić information content (AvgIpc) is 2.96. The van der Waals surface area contributed by atoms with Crippen LogP contribution in [0.5, 0.6) is 0 Å². The number of carboxylic acid groups (broad SMARTS) is 1. The van der Waals surface area contributed by atoms with Gasteiger partial charge in [0.05, 0.1) is 6.61 Å². The maximum absolute atomic E-state index is 12.1. The Morgan fingerprint density at radius 1 is 1.67 bits per heavy atom. The molecule has 98 valence electrons. The third-order valence-electron chi connectivity index (χ3n) is 2.84. The lowest BCUT2D eigenvalue weighted by molar-refractivity contribution is -0.141. The number of thiazole rings is 1. The summed E-state index contributed by atoms with van der Waals surface area (Å²) < 4.78 is 4.93. The van der Waals surface area contributed by atoms with Crippen molar-refractivity contribution in [2.45, 2.75) is 25.5 Å². The predicted octanol–water partition coefficient (Wildman–Crippen LogP) is 0.979. The number of hydrogen-bond donors (Lipinski definition) is 1. The molecule has 1 saturated heterocycles. The van der Waals surface area contributed by atoms with Crippen LogP contribution in [0.15, 0.2) is 5.38 Å². The fourth-order valence-electron chi connectivity index (χ4n) is 2.01. The largest absolute Gasteiger partial charge is 0.480 e. The average molecular weight is 270 g/mol. The maximum Gasteiger partial charge on any atom is 0.326 e. The van der Waals surface area contributed by atoms with Crippen LogP contribution in [0.1, 0.15) is 28.3 Å². The molecule has 1 aromatic heterocycles. The van der Waals surface area contributed by atoms with Crippen LogP contribution in [-0.2, 0) is 16.1 Å². The second-order valence-corrected chi connectivity index (χ2v) is 5.00. The zero-order valence-corrected chi connectivity index (χ0v) is 10.8. The lowest BCUT2D eigenvalue weighted by atomic mass is 10.2. The van der Waals surface area contributed by atoms with Crippen LogP contribution in [-0.4, -0.2) is 46.6 Å². The standard InChI is InChI=1S/C11H14N2O4S/c1-17-5-9-12-7(6-18-9)10(14)13-4-2-3-8(13)11(15)16/h6,8H,2-5H2,1H3,(H,15,16). The van der Waals surface area contributed by atoms with Crippen LogP contribution in [0, 0.1) is 0 Å². The van der Waals surface area contributed by atoms with Gasteiger partial charge < -0.3 is 14.7 Å². The summed E-state index contributed by atoms with van der Waals surface area (Å²) in [6.45, 7) is 0.841. The van der Waals surface area contributed by atoms with Crippen molar-refractivity contribution in [3.05, 3.63) is 16.1 Å². The van der Waals surface area contributed by atoms with E-state index in [1.807, 2.05) is 0 Å². The van der Waals surface area contributed by atoms with Crippen LogP contribution in [0.2, 0.25) is 0 Å². The van der Waals surface area contributed by atoms with Gasteiger partial charge in [-0.3, -0.25) is 4.79 Å². The molecular weight excluding hydrogens is 256 g/mol. The molecule has 1 fully saturated rings. The molecule has 0 spiro atoms. The van der Waals surface area contributed by atoms with Gasteiger partial charge in [-0.15, -0.1) is 11.3 Å². The number of amides is 1. The van der Waals surface area contributed by atoms with Crippen molar-refractivity contribution < 1.29 is 19.4 Å². The van der Waals surface area contributed by atoms with Gasteiger partial charge in [0.1, 0.15) is 16.7 Å². The first-order valence-electron chi connectivity index (χ1n) is 5.60. The molecule has 1 aliphatic heterocycles. The molecule has 1 atom stereocenters. The fraction of sp³-hybridized carbons (Fsp3) is 0.545. The molecule has 7 heteroatoms. The van der Waals surface area contributed by atoms with E-state index in [9.17, 15) is 9.59 Å². The Kier molecular flexibility index (Phi) is 3.93. The predicted molar refractivity (Wildman–Crippen MR) is 64.5 cm³/mol. The normalized spacial score (nSPS) is 19.2. The number of aliphatic carboxylic acids is 1. The van der Waals surface area contributed by atoms with Crippen LogP contribution >= 0.6 is 11.3 Å². The van der Waals surface area contributed by atoms with Crippen molar-refractivity contribution in [3.8, 4) is 0 Å². The molecule has 0 aromatic carbocycles. The highest BCUT2D eigenvalue weighted by Gasteiger charge is 2.35. The van der Waals surface area contributed by atoms with Crippen molar-refractivity contribution in [2.24, 2.45) is 0 Å². The van der Waals surface area contributed by atoms with Crippen molar-refractivity contribution in [2.75, 3.05) is 13.7 Å². The van der Waals surface area contributed by atoms with E-state index in [1.54, 1.807) is 12.5 Å². The van der Waals surface area contributed by atoms with E-state index >= 15 is 0 Å². The van der Waals surface area contributed by atoms with Crippen molar-refractivity contribution >= 4 is 23.2 Å². The minimum atomic E-state index is -0.951. The van der Waals surface area contributed by atoms with Gasteiger partial charge in [-0.1, -0.05) is 0 Å². The third-order valence-corrected chi connectivity index (χ3v) is 3.66. The number of rotatable bonds is 4. The minimum absolute atomic E-state index is 0.306. The molecule has 0 bridgehead atoms. The van der Waals surface area contributed by atoms with E-state index in [0.717, 1.165) is 6.42 Å². The molecule has 18 heavy (non-hydrogen) atoms. The van der Waals surface area contributed by atoms with Gasteiger partial charge in [0.25, 0.3) is 5.91 Å². The summed E-state index contributed by atoms with van der Waals surface area (Å²) in [4.78, 5) is 28.7. The Bertz CT molecular complexity index is 460. The second kappa shape index (κ2) is 5.45. The summed E-state index contributed by atoms with van der Waals surface area (Å²) in [5.74, 6) is -1.26. The molecule has 1 aliphatic rings. The fourth-order valence-corrected chi connectivity index (χ4v) is 2.75. The molecule has 1 aromatic rings. The third kappa shape index (κ3) is 2.51. The Hall–Kier alpha value is -1.47. The summed E-state index contributed by atoms with van der Waals surface area (Å²) >= 11 is 1.34. The lowest BCUT2D eigenvalue weighted by Gasteiger charge is -2.20. The van der Waals surface area contributed by atoms with Gasteiger partial charge in [0, 0.05) is 19.0 Å². The monoisotopic (exact) mass is 270 g/mol. The summed E-state index contributed by atoms with van der Waals surface area (Å²) in [7, 11) is 1.56. The number of carbonyl (C=O) groups excluding carboxylic acids is 1. The Balaban J connectivity index is 2.12. The molecular formula is C11H14N2O4S. The van der Waals surface area contributed by atoms with Gasteiger partial charge in [0.15, 0.2) is 0 Å². The number of methoxy groups -OCH3 is 1. The van der Waals surface area contributed by atoms with E-state index < -0.39 is 12.0 Å². The number of nitrogens with zero attached hydrogens (tertiary/aromatic N) is 2. The number of carbonyl (C=O) groups is 2. The first-order chi connectivity index (χ1) is 8.63. The molecule has 1 amide bonds. The molecule has 0 aliphatic carbocycles. The van der Waals surface area contributed by atoms with Crippen LogP contribution in [0.3, 0.4) is 0 Å². The second-order valence-electron chi connectivity index (χ2n) is 4.05. The minimum Gasteiger partial charge on any atom is -0.480 e. The van der Waals surface area contributed by atoms with Gasteiger partial charge >= 0.3 is 5.97 Å². The van der Waals surface area contributed by atoms with E-state index in [-0.39, 0.29) is 5.91 Å². The van der Waals surface area contributed by atoms with Gasteiger partial charge in [0.2, 0.25) is 0 Å². The summed E-state index contributed by atoms with van der Waals surface area (Å²) in [6.07, 6.45) is 1.23. The van der Waals surface area contributed by atoms with Gasteiger partial charge in [-0.25, -0.2) is 9.78 Å². The van der Waals surface area contributed by atoms with Crippen molar-refractivity contribution in [1.82, 2.24) is 9.88 Å². The summed E-state index contributed by atoms with van der Waals surface area (Å²) in [6, 6.07) is -0.718.